The zero-order chi connectivity index (χ0) is 16.8. The summed E-state index contributed by atoms with van der Waals surface area (Å²) in [6.07, 6.45) is 0. The maximum atomic E-state index is 11.9. The minimum Gasteiger partial charge on any atom is -0.484 e. The third-order valence-corrected chi connectivity index (χ3v) is 3.86. The molecule has 2 amide bonds. The predicted molar refractivity (Wildman–Crippen MR) is 93.7 cm³/mol. The number of aryl methyl sites for hydroxylation is 1. The zero-order valence-electron chi connectivity index (χ0n) is 12.9. The molecule has 120 valence electrons. The van der Waals surface area contributed by atoms with Crippen LogP contribution in [0.4, 0.5) is 11.4 Å². The molecule has 0 aromatic heterocycles. The molecule has 0 aliphatic rings. The Labute approximate surface area is 143 Å². The fourth-order valence-electron chi connectivity index (χ4n) is 1.94. The Bertz CT molecular complexity index is 732. The molecule has 0 heterocycles. The van der Waals surface area contributed by atoms with Crippen LogP contribution in [0.15, 0.2) is 46.9 Å². The molecule has 0 aliphatic carbocycles. The van der Waals surface area contributed by atoms with Crippen molar-refractivity contribution in [2.45, 2.75) is 13.8 Å². The van der Waals surface area contributed by atoms with Gasteiger partial charge in [0.25, 0.3) is 5.91 Å². The van der Waals surface area contributed by atoms with E-state index in [0.717, 1.165) is 10.0 Å². The molecule has 23 heavy (non-hydrogen) atoms. The monoisotopic (exact) mass is 376 g/mol. The highest BCUT2D eigenvalue weighted by molar-refractivity contribution is 9.10. The van der Waals surface area contributed by atoms with Crippen molar-refractivity contribution >= 4 is 39.1 Å². The molecule has 0 atom stereocenters. The molecule has 0 bridgehead atoms. The number of carbonyl (C=O) groups is 2. The van der Waals surface area contributed by atoms with Gasteiger partial charge in [-0.15, -0.1) is 0 Å². The van der Waals surface area contributed by atoms with E-state index in [9.17, 15) is 9.59 Å². The van der Waals surface area contributed by atoms with Crippen molar-refractivity contribution in [2.75, 3.05) is 17.2 Å². The van der Waals surface area contributed by atoms with Crippen LogP contribution < -0.4 is 15.4 Å². The Hall–Kier alpha value is -2.34. The smallest absolute Gasteiger partial charge is 0.262 e. The Morgan fingerprint density at radius 3 is 2.52 bits per heavy atom. The standard InChI is InChI=1S/C17H17BrN2O3/c1-11-8-14(6-7-16(11)18)20-17(22)10-23-15-5-3-4-13(9-15)19-12(2)21/h3-9H,10H2,1-2H3,(H,19,21)(H,20,22). The lowest BCUT2D eigenvalue weighted by atomic mass is 10.2. The number of benzene rings is 2. The SMILES string of the molecule is CC(=O)Nc1cccc(OCC(=O)Nc2ccc(Br)c(C)c2)c1. The number of rotatable bonds is 5. The molecule has 0 radical (unpaired) electrons. The predicted octanol–water partition coefficient (Wildman–Crippen LogP) is 3.73. The van der Waals surface area contributed by atoms with E-state index in [-0.39, 0.29) is 18.4 Å². The second kappa shape index (κ2) is 7.78. The summed E-state index contributed by atoms with van der Waals surface area (Å²) in [5, 5.41) is 5.43. The molecule has 2 N–H and O–H groups in total. The van der Waals surface area contributed by atoms with Gasteiger partial charge in [0.15, 0.2) is 6.61 Å². The Morgan fingerprint density at radius 2 is 1.83 bits per heavy atom. The highest BCUT2D eigenvalue weighted by Gasteiger charge is 2.06. The highest BCUT2D eigenvalue weighted by atomic mass is 79.9. The molecule has 2 rings (SSSR count). The normalized spacial score (nSPS) is 10.0. The number of carbonyl (C=O) groups excluding carboxylic acids is 2. The first-order valence-electron chi connectivity index (χ1n) is 7.00. The van der Waals surface area contributed by atoms with E-state index < -0.39 is 0 Å². The minimum absolute atomic E-state index is 0.112. The van der Waals surface area contributed by atoms with Crippen molar-refractivity contribution in [1.82, 2.24) is 0 Å². The second-order valence-corrected chi connectivity index (χ2v) is 5.86. The molecular formula is C17H17BrN2O3. The molecule has 0 fully saturated rings. The van der Waals surface area contributed by atoms with Crippen LogP contribution in [-0.2, 0) is 9.59 Å². The average molecular weight is 377 g/mol. The number of halogens is 1. The van der Waals surface area contributed by atoms with Crippen LogP contribution in [0.3, 0.4) is 0 Å². The first-order chi connectivity index (χ1) is 10.9. The lowest BCUT2D eigenvalue weighted by molar-refractivity contribution is -0.118. The molecule has 2 aromatic carbocycles. The zero-order valence-corrected chi connectivity index (χ0v) is 14.4. The molecule has 0 spiro atoms. The fraction of sp³-hybridized carbons (Fsp3) is 0.176. The maximum absolute atomic E-state index is 11.9. The molecule has 0 unspecified atom stereocenters. The van der Waals surface area contributed by atoms with E-state index in [4.69, 9.17) is 4.74 Å². The van der Waals surface area contributed by atoms with Crippen molar-refractivity contribution in [1.29, 1.82) is 0 Å². The topological polar surface area (TPSA) is 67.4 Å². The van der Waals surface area contributed by atoms with Gasteiger partial charge < -0.3 is 15.4 Å². The van der Waals surface area contributed by atoms with Gasteiger partial charge in [0.2, 0.25) is 5.91 Å². The lowest BCUT2D eigenvalue weighted by Gasteiger charge is -2.10. The van der Waals surface area contributed by atoms with Gasteiger partial charge in [0.1, 0.15) is 5.75 Å². The van der Waals surface area contributed by atoms with Gasteiger partial charge in [-0.05, 0) is 42.8 Å². The average Bonchev–Trinajstić information content (AvgIpc) is 2.49. The van der Waals surface area contributed by atoms with Crippen molar-refractivity contribution in [3.05, 3.63) is 52.5 Å². The van der Waals surface area contributed by atoms with Gasteiger partial charge in [-0.2, -0.15) is 0 Å². The lowest BCUT2D eigenvalue weighted by Crippen LogP contribution is -2.20. The van der Waals surface area contributed by atoms with Crippen molar-refractivity contribution < 1.29 is 14.3 Å². The van der Waals surface area contributed by atoms with Crippen molar-refractivity contribution in [3.8, 4) is 5.75 Å². The van der Waals surface area contributed by atoms with Crippen molar-refractivity contribution in [3.63, 3.8) is 0 Å². The summed E-state index contributed by atoms with van der Waals surface area (Å²) in [7, 11) is 0. The molecule has 5 nitrogen and oxygen atoms in total. The molecule has 0 aliphatic heterocycles. The Balaban J connectivity index is 1.91. The van der Waals surface area contributed by atoms with Gasteiger partial charge >= 0.3 is 0 Å². The summed E-state index contributed by atoms with van der Waals surface area (Å²) in [5.74, 6) is 0.0977. The third kappa shape index (κ3) is 5.41. The summed E-state index contributed by atoms with van der Waals surface area (Å²) >= 11 is 3.41. The first kappa shape index (κ1) is 17.0. The fourth-order valence-corrected chi connectivity index (χ4v) is 2.18. The summed E-state index contributed by atoms with van der Waals surface area (Å²) < 4.78 is 6.43. The van der Waals surface area contributed by atoms with Crippen LogP contribution in [0.2, 0.25) is 0 Å². The molecule has 6 heteroatoms. The quantitative estimate of drug-likeness (QED) is 0.835. The van der Waals surface area contributed by atoms with Gasteiger partial charge in [-0.1, -0.05) is 22.0 Å². The number of anilines is 2. The van der Waals surface area contributed by atoms with Crippen LogP contribution in [0.5, 0.6) is 5.75 Å². The van der Waals surface area contributed by atoms with E-state index in [1.807, 2.05) is 25.1 Å². The molecule has 0 saturated heterocycles. The summed E-state index contributed by atoms with van der Waals surface area (Å²) in [5.41, 5.74) is 2.37. The van der Waals surface area contributed by atoms with Gasteiger partial charge in [0, 0.05) is 28.8 Å². The Kier molecular flexibility index (Phi) is 5.76. The number of hydrogen-bond donors (Lipinski definition) is 2. The number of nitrogens with one attached hydrogen (secondary N) is 2. The largest absolute Gasteiger partial charge is 0.484 e. The van der Waals surface area contributed by atoms with E-state index in [1.165, 1.54) is 6.92 Å². The van der Waals surface area contributed by atoms with Crippen molar-refractivity contribution in [2.24, 2.45) is 0 Å². The minimum atomic E-state index is -0.253. The molecule has 0 saturated carbocycles. The highest BCUT2D eigenvalue weighted by Crippen LogP contribution is 2.20. The second-order valence-electron chi connectivity index (χ2n) is 5.01. The van der Waals surface area contributed by atoms with Gasteiger partial charge in [-0.25, -0.2) is 0 Å². The van der Waals surface area contributed by atoms with Crippen LogP contribution in [0.1, 0.15) is 12.5 Å². The molecule has 2 aromatic rings. The van der Waals surface area contributed by atoms with Crippen LogP contribution in [0.25, 0.3) is 0 Å². The van der Waals surface area contributed by atoms with Crippen LogP contribution >= 0.6 is 15.9 Å². The maximum Gasteiger partial charge on any atom is 0.262 e. The summed E-state index contributed by atoms with van der Waals surface area (Å²) in [6, 6.07) is 12.4. The molecular weight excluding hydrogens is 360 g/mol. The van der Waals surface area contributed by atoms with E-state index in [0.29, 0.717) is 17.1 Å². The van der Waals surface area contributed by atoms with E-state index >= 15 is 0 Å². The summed E-state index contributed by atoms with van der Waals surface area (Å²) in [6.45, 7) is 3.27. The summed E-state index contributed by atoms with van der Waals surface area (Å²) in [4.78, 5) is 23.0. The Morgan fingerprint density at radius 1 is 1.09 bits per heavy atom. The van der Waals surface area contributed by atoms with Crippen LogP contribution in [-0.4, -0.2) is 18.4 Å². The number of amides is 2. The van der Waals surface area contributed by atoms with Crippen LogP contribution in [0, 0.1) is 6.92 Å². The van der Waals surface area contributed by atoms with E-state index in [1.54, 1.807) is 24.3 Å². The third-order valence-electron chi connectivity index (χ3n) is 2.97. The van der Waals surface area contributed by atoms with Gasteiger partial charge in [-0.3, -0.25) is 9.59 Å². The van der Waals surface area contributed by atoms with Gasteiger partial charge in [0.05, 0.1) is 0 Å². The first-order valence-corrected chi connectivity index (χ1v) is 7.80. The number of hydrogen-bond acceptors (Lipinski definition) is 3. The number of ether oxygens (including phenoxy) is 1. The van der Waals surface area contributed by atoms with E-state index in [2.05, 4.69) is 26.6 Å².